The molecule has 1 saturated heterocycles. The fourth-order valence-corrected chi connectivity index (χ4v) is 2.59. The molecule has 0 unspecified atom stereocenters. The second-order valence-electron chi connectivity index (χ2n) is 4.69. The first-order chi connectivity index (χ1) is 9.75. The molecule has 0 aromatic carbocycles. The van der Waals surface area contributed by atoms with Crippen LogP contribution in [0, 0.1) is 0 Å². The van der Waals surface area contributed by atoms with Gasteiger partial charge in [-0.15, -0.1) is 0 Å². The SMILES string of the molecule is Cn1nc(CN2CCOCC2)c(Cl)c1-c1ncccn1. The van der Waals surface area contributed by atoms with E-state index >= 15 is 0 Å². The third-order valence-corrected chi connectivity index (χ3v) is 3.71. The number of halogens is 1. The second-order valence-corrected chi connectivity index (χ2v) is 5.07. The maximum absolute atomic E-state index is 6.46. The van der Waals surface area contributed by atoms with Crippen molar-refractivity contribution >= 4 is 11.6 Å². The monoisotopic (exact) mass is 293 g/mol. The third kappa shape index (κ3) is 2.67. The highest BCUT2D eigenvalue weighted by Gasteiger charge is 2.20. The van der Waals surface area contributed by atoms with Gasteiger partial charge in [-0.05, 0) is 6.07 Å². The first-order valence-corrected chi connectivity index (χ1v) is 6.92. The third-order valence-electron chi connectivity index (χ3n) is 3.31. The van der Waals surface area contributed by atoms with Gasteiger partial charge < -0.3 is 4.74 Å². The molecule has 0 bridgehead atoms. The van der Waals surface area contributed by atoms with Gasteiger partial charge in [0, 0.05) is 39.1 Å². The number of hydrogen-bond donors (Lipinski definition) is 0. The van der Waals surface area contributed by atoms with Gasteiger partial charge in [-0.2, -0.15) is 5.10 Å². The van der Waals surface area contributed by atoms with Crippen LogP contribution in [-0.4, -0.2) is 51.0 Å². The van der Waals surface area contributed by atoms with Crippen LogP contribution in [0.3, 0.4) is 0 Å². The van der Waals surface area contributed by atoms with E-state index in [9.17, 15) is 0 Å². The summed E-state index contributed by atoms with van der Waals surface area (Å²) in [4.78, 5) is 10.8. The van der Waals surface area contributed by atoms with Gasteiger partial charge >= 0.3 is 0 Å². The van der Waals surface area contributed by atoms with Gasteiger partial charge in [0.15, 0.2) is 5.82 Å². The van der Waals surface area contributed by atoms with Gasteiger partial charge in [0.1, 0.15) is 5.69 Å². The Bertz CT molecular complexity index is 580. The number of hydrogen-bond acceptors (Lipinski definition) is 5. The smallest absolute Gasteiger partial charge is 0.179 e. The van der Waals surface area contributed by atoms with Crippen LogP contribution >= 0.6 is 11.6 Å². The Hall–Kier alpha value is -1.50. The van der Waals surface area contributed by atoms with Crippen LogP contribution in [0.15, 0.2) is 18.5 Å². The van der Waals surface area contributed by atoms with Gasteiger partial charge in [0.05, 0.1) is 23.9 Å². The summed E-state index contributed by atoms with van der Waals surface area (Å²) in [6, 6.07) is 1.78. The molecule has 0 N–H and O–H groups in total. The number of morpholine rings is 1. The zero-order valence-electron chi connectivity index (χ0n) is 11.3. The van der Waals surface area contributed by atoms with Crippen molar-refractivity contribution < 1.29 is 4.74 Å². The number of aromatic nitrogens is 4. The average molecular weight is 294 g/mol. The summed E-state index contributed by atoms with van der Waals surface area (Å²) in [5, 5.41) is 5.13. The van der Waals surface area contributed by atoms with Crippen LogP contribution in [-0.2, 0) is 18.3 Å². The van der Waals surface area contributed by atoms with Crippen molar-refractivity contribution in [2.75, 3.05) is 26.3 Å². The lowest BCUT2D eigenvalue weighted by Crippen LogP contribution is -2.35. The molecule has 0 radical (unpaired) electrons. The minimum Gasteiger partial charge on any atom is -0.379 e. The van der Waals surface area contributed by atoms with Crippen molar-refractivity contribution in [3.63, 3.8) is 0 Å². The predicted octanol–water partition coefficient (Wildman–Crippen LogP) is 1.36. The molecule has 0 aliphatic carbocycles. The van der Waals surface area contributed by atoms with E-state index < -0.39 is 0 Å². The van der Waals surface area contributed by atoms with Crippen molar-refractivity contribution in [1.29, 1.82) is 0 Å². The number of ether oxygens (including phenoxy) is 1. The quantitative estimate of drug-likeness (QED) is 0.855. The zero-order chi connectivity index (χ0) is 13.9. The van der Waals surface area contributed by atoms with E-state index in [0.717, 1.165) is 44.2 Å². The first kappa shape index (κ1) is 13.5. The van der Waals surface area contributed by atoms with E-state index in [-0.39, 0.29) is 0 Å². The topological polar surface area (TPSA) is 56.1 Å². The molecule has 2 aromatic rings. The molecule has 0 atom stereocenters. The molecular weight excluding hydrogens is 278 g/mol. The standard InChI is InChI=1S/C13H16ClN5O/c1-18-12(13-15-3-2-4-16-13)11(14)10(17-18)9-19-5-7-20-8-6-19/h2-4H,5-9H2,1H3. The summed E-state index contributed by atoms with van der Waals surface area (Å²) in [6.45, 7) is 4.06. The average Bonchev–Trinajstić information content (AvgIpc) is 2.75. The van der Waals surface area contributed by atoms with Crippen LogP contribution in [0.1, 0.15) is 5.69 Å². The van der Waals surface area contributed by atoms with E-state index in [0.29, 0.717) is 10.8 Å². The molecule has 7 heteroatoms. The lowest BCUT2D eigenvalue weighted by atomic mass is 10.3. The second kappa shape index (κ2) is 5.87. The Morgan fingerprint density at radius 3 is 2.65 bits per heavy atom. The lowest BCUT2D eigenvalue weighted by Gasteiger charge is -2.25. The van der Waals surface area contributed by atoms with Gasteiger partial charge in [0.25, 0.3) is 0 Å². The molecule has 0 amide bonds. The van der Waals surface area contributed by atoms with Crippen LogP contribution < -0.4 is 0 Å². The van der Waals surface area contributed by atoms with E-state index in [2.05, 4.69) is 20.0 Å². The molecule has 1 aliphatic rings. The summed E-state index contributed by atoms with van der Waals surface area (Å²) >= 11 is 6.46. The first-order valence-electron chi connectivity index (χ1n) is 6.54. The fourth-order valence-electron chi connectivity index (χ4n) is 2.29. The molecule has 0 saturated carbocycles. The Labute approximate surface area is 122 Å². The summed E-state index contributed by atoms with van der Waals surface area (Å²) < 4.78 is 7.09. The fraction of sp³-hybridized carbons (Fsp3) is 0.462. The molecule has 1 fully saturated rings. The molecule has 3 heterocycles. The van der Waals surface area contributed by atoms with Gasteiger partial charge in [-0.25, -0.2) is 9.97 Å². The maximum Gasteiger partial charge on any atom is 0.179 e. The van der Waals surface area contributed by atoms with Crippen LogP contribution in [0.2, 0.25) is 5.02 Å². The Balaban J connectivity index is 1.87. The van der Waals surface area contributed by atoms with E-state index in [1.807, 2.05) is 7.05 Å². The van der Waals surface area contributed by atoms with E-state index in [1.165, 1.54) is 0 Å². The van der Waals surface area contributed by atoms with Gasteiger partial charge in [-0.1, -0.05) is 11.6 Å². The largest absolute Gasteiger partial charge is 0.379 e. The highest BCUT2D eigenvalue weighted by atomic mass is 35.5. The van der Waals surface area contributed by atoms with Crippen molar-refractivity contribution in [2.45, 2.75) is 6.54 Å². The molecule has 1 aliphatic heterocycles. The summed E-state index contributed by atoms with van der Waals surface area (Å²) in [6.07, 6.45) is 3.40. The zero-order valence-corrected chi connectivity index (χ0v) is 12.0. The Morgan fingerprint density at radius 2 is 1.95 bits per heavy atom. The Kier molecular flexibility index (Phi) is 3.95. The van der Waals surface area contributed by atoms with Crippen LogP contribution in [0.25, 0.3) is 11.5 Å². The molecule has 106 valence electrons. The number of aryl methyl sites for hydroxylation is 1. The van der Waals surface area contributed by atoms with Crippen molar-refractivity contribution in [1.82, 2.24) is 24.6 Å². The van der Waals surface area contributed by atoms with Gasteiger partial charge in [-0.3, -0.25) is 9.58 Å². The minimum absolute atomic E-state index is 0.598. The summed E-state index contributed by atoms with van der Waals surface area (Å²) in [7, 11) is 1.86. The van der Waals surface area contributed by atoms with E-state index in [4.69, 9.17) is 16.3 Å². The number of rotatable bonds is 3. The highest BCUT2D eigenvalue weighted by molar-refractivity contribution is 6.33. The normalized spacial score (nSPS) is 16.5. The van der Waals surface area contributed by atoms with Crippen molar-refractivity contribution in [3.05, 3.63) is 29.2 Å². The maximum atomic E-state index is 6.46. The molecule has 20 heavy (non-hydrogen) atoms. The highest BCUT2D eigenvalue weighted by Crippen LogP contribution is 2.28. The summed E-state index contributed by atoms with van der Waals surface area (Å²) in [5.74, 6) is 0.598. The Morgan fingerprint density at radius 1 is 1.25 bits per heavy atom. The molecule has 2 aromatic heterocycles. The molecule has 6 nitrogen and oxygen atoms in total. The molecular formula is C13H16ClN5O. The molecule has 3 rings (SSSR count). The van der Waals surface area contributed by atoms with Crippen molar-refractivity contribution in [2.24, 2.45) is 7.05 Å². The summed E-state index contributed by atoms with van der Waals surface area (Å²) in [5.41, 5.74) is 1.62. The van der Waals surface area contributed by atoms with Gasteiger partial charge in [0.2, 0.25) is 0 Å². The predicted molar refractivity (Wildman–Crippen MR) is 75.3 cm³/mol. The number of nitrogens with zero attached hydrogens (tertiary/aromatic N) is 5. The van der Waals surface area contributed by atoms with E-state index in [1.54, 1.807) is 23.1 Å². The van der Waals surface area contributed by atoms with Crippen molar-refractivity contribution in [3.8, 4) is 11.5 Å². The lowest BCUT2D eigenvalue weighted by molar-refractivity contribution is 0.0336. The minimum atomic E-state index is 0.598. The molecule has 0 spiro atoms. The van der Waals surface area contributed by atoms with Crippen LogP contribution in [0.5, 0.6) is 0 Å². The van der Waals surface area contributed by atoms with Crippen LogP contribution in [0.4, 0.5) is 0 Å².